The number of phenolic OH excluding ortho intramolecular Hbond substituents is 1. The molecule has 0 unspecified atom stereocenters. The number of anilines is 1. The summed E-state index contributed by atoms with van der Waals surface area (Å²) < 4.78 is 6.30. The number of ether oxygens (including phenoxy) is 1. The molecule has 2 bridgehead atoms. The molecule has 1 spiro atoms. The van der Waals surface area contributed by atoms with E-state index in [-0.39, 0.29) is 23.1 Å². The summed E-state index contributed by atoms with van der Waals surface area (Å²) in [7, 11) is 0. The fraction of sp³-hybridized carbons (Fsp3) is 0.483. The van der Waals surface area contributed by atoms with Gasteiger partial charge in [-0.1, -0.05) is 6.07 Å². The third-order valence-corrected chi connectivity index (χ3v) is 9.81. The van der Waals surface area contributed by atoms with E-state index in [9.17, 15) is 20.1 Å². The van der Waals surface area contributed by atoms with Gasteiger partial charge in [0, 0.05) is 28.7 Å². The van der Waals surface area contributed by atoms with Crippen LogP contribution in [0.25, 0.3) is 0 Å². The molecule has 196 valence electrons. The normalized spacial score (nSPS) is 30.8. The second-order valence-electron chi connectivity index (χ2n) is 11.2. The lowest BCUT2D eigenvalue weighted by molar-refractivity contribution is -0.153. The van der Waals surface area contributed by atoms with E-state index >= 15 is 0 Å². The number of hydrogen-bond acceptors (Lipinski definition) is 7. The number of hydrogen-bond donors (Lipinski definition) is 4. The molecule has 2 fully saturated rings. The van der Waals surface area contributed by atoms with Gasteiger partial charge in [0.15, 0.2) is 17.6 Å². The summed E-state index contributed by atoms with van der Waals surface area (Å²) in [5.74, 6) is 0.328. The van der Waals surface area contributed by atoms with Crippen molar-refractivity contribution < 1.29 is 24.9 Å². The molecule has 0 radical (unpaired) electrons. The van der Waals surface area contributed by atoms with Crippen LogP contribution in [-0.4, -0.2) is 63.2 Å². The molecule has 2 aliphatic heterocycles. The Morgan fingerprint density at radius 3 is 2.62 bits per heavy atom. The van der Waals surface area contributed by atoms with Crippen molar-refractivity contribution >= 4 is 23.4 Å². The van der Waals surface area contributed by atoms with Crippen molar-refractivity contribution in [2.75, 3.05) is 24.7 Å². The number of aliphatic hydroxyl groups excluding tert-OH is 1. The Labute approximate surface area is 221 Å². The molecule has 4 aliphatic rings. The topological polar surface area (TPSA) is 102 Å². The van der Waals surface area contributed by atoms with E-state index in [2.05, 4.69) is 10.2 Å². The van der Waals surface area contributed by atoms with Crippen molar-refractivity contribution in [2.24, 2.45) is 5.92 Å². The van der Waals surface area contributed by atoms with Crippen molar-refractivity contribution in [1.82, 2.24) is 4.90 Å². The van der Waals surface area contributed by atoms with E-state index in [1.165, 1.54) is 12.8 Å². The highest BCUT2D eigenvalue weighted by atomic mass is 32.2. The van der Waals surface area contributed by atoms with Crippen molar-refractivity contribution in [3.05, 3.63) is 58.9 Å². The van der Waals surface area contributed by atoms with E-state index in [4.69, 9.17) is 4.74 Å². The van der Waals surface area contributed by atoms with Crippen LogP contribution in [0, 0.1) is 5.92 Å². The monoisotopic (exact) mass is 522 g/mol. The Bertz CT molecular complexity index is 1290. The van der Waals surface area contributed by atoms with E-state index in [1.54, 1.807) is 24.8 Å². The predicted molar refractivity (Wildman–Crippen MR) is 143 cm³/mol. The Morgan fingerprint density at radius 2 is 1.95 bits per heavy atom. The average Bonchev–Trinajstić information content (AvgIpc) is 3.62. The van der Waals surface area contributed by atoms with Crippen LogP contribution in [0.5, 0.6) is 11.5 Å². The predicted octanol–water partition coefficient (Wildman–Crippen LogP) is 4.38. The number of phenols is 1. The molecule has 7 nitrogen and oxygen atoms in total. The lowest BCUT2D eigenvalue weighted by atomic mass is 9.53. The number of thioether (sulfide) groups is 1. The summed E-state index contributed by atoms with van der Waals surface area (Å²) in [6.07, 6.45) is 4.66. The quantitative estimate of drug-likeness (QED) is 0.254. The van der Waals surface area contributed by atoms with Gasteiger partial charge in [0.1, 0.15) is 5.76 Å². The van der Waals surface area contributed by atoms with Crippen LogP contribution in [0.4, 0.5) is 5.69 Å². The number of nitrogens with zero attached hydrogens (tertiary/aromatic N) is 1. The first-order valence-electron chi connectivity index (χ1n) is 13.0. The zero-order chi connectivity index (χ0) is 26.1. The second-order valence-corrected chi connectivity index (χ2v) is 12.0. The summed E-state index contributed by atoms with van der Waals surface area (Å²) in [5.41, 5.74) is 0.330. The minimum atomic E-state index is -1.24. The first-order valence-corrected chi connectivity index (χ1v) is 14.2. The number of piperidine rings is 1. The minimum absolute atomic E-state index is 0.0147. The maximum absolute atomic E-state index is 13.2. The van der Waals surface area contributed by atoms with Crippen molar-refractivity contribution in [3.8, 4) is 11.5 Å². The third kappa shape index (κ3) is 3.67. The Balaban J connectivity index is 1.39. The SMILES string of the molecule is CSc1ccc(NC(=O)/C(C)=C(\O)[C@@H]2Oc3c(O)ccc4c3[C@@]23CCN(CC2CC2)[C@H](C4)[C@@]3(C)O)cc1. The fourth-order valence-corrected chi connectivity index (χ4v) is 7.19. The number of carbonyl (C=O) groups excluding carboxylic acids is 1. The van der Waals surface area contributed by atoms with Crippen LogP contribution in [0.15, 0.2) is 52.6 Å². The molecule has 4 atom stereocenters. The second kappa shape index (κ2) is 8.68. The van der Waals surface area contributed by atoms with Crippen LogP contribution in [0.3, 0.4) is 0 Å². The zero-order valence-corrected chi connectivity index (χ0v) is 22.3. The molecule has 2 aromatic carbocycles. The van der Waals surface area contributed by atoms with Crippen molar-refractivity contribution in [3.63, 3.8) is 0 Å². The average molecular weight is 523 g/mol. The Morgan fingerprint density at radius 1 is 1.22 bits per heavy atom. The van der Waals surface area contributed by atoms with Crippen molar-refractivity contribution in [1.29, 1.82) is 0 Å². The molecular formula is C29H34N2O5S. The molecule has 2 aromatic rings. The van der Waals surface area contributed by atoms with Gasteiger partial charge in [-0.05, 0) is 94.1 Å². The number of nitrogens with one attached hydrogen (secondary N) is 1. The number of aromatic hydroxyl groups is 1. The number of fused-ring (bicyclic) bond motifs is 1. The molecular weight excluding hydrogens is 488 g/mol. The van der Waals surface area contributed by atoms with Gasteiger partial charge < -0.3 is 25.4 Å². The van der Waals surface area contributed by atoms with E-state index in [0.717, 1.165) is 29.1 Å². The Kier molecular flexibility index (Phi) is 5.78. The summed E-state index contributed by atoms with van der Waals surface area (Å²) >= 11 is 1.62. The van der Waals surface area contributed by atoms with Gasteiger partial charge in [-0.15, -0.1) is 11.8 Å². The van der Waals surface area contributed by atoms with Gasteiger partial charge >= 0.3 is 0 Å². The standard InChI is InChI=1S/C29H34N2O5S/c1-16(27(34)30-19-7-9-20(37-3)10-8-19)24(33)26-29-12-13-31(15-17-4-5-17)22(28(29,2)35)14-18-6-11-21(32)25(36-26)23(18)29/h6-11,17,22,26,32-33,35H,4-5,12-15H2,1-3H3,(H,30,34)/b24-16-/t22-,26+,28-,29+/m1/s1. The summed E-state index contributed by atoms with van der Waals surface area (Å²) in [4.78, 5) is 16.7. The van der Waals surface area contributed by atoms with E-state index in [1.807, 2.05) is 43.5 Å². The number of amides is 1. The largest absolute Gasteiger partial charge is 0.508 e. The van der Waals surface area contributed by atoms with Gasteiger partial charge in [-0.25, -0.2) is 0 Å². The van der Waals surface area contributed by atoms with Crippen LogP contribution in [0.1, 0.15) is 44.2 Å². The van der Waals surface area contributed by atoms with Gasteiger partial charge in [-0.3, -0.25) is 9.69 Å². The molecule has 2 heterocycles. The first kappa shape index (κ1) is 24.6. The smallest absolute Gasteiger partial charge is 0.254 e. The third-order valence-electron chi connectivity index (χ3n) is 9.06. The Hall–Kier alpha value is -2.68. The summed E-state index contributed by atoms with van der Waals surface area (Å²) in [6.45, 7) is 5.13. The molecule has 8 heteroatoms. The zero-order valence-electron chi connectivity index (χ0n) is 21.5. The van der Waals surface area contributed by atoms with E-state index in [0.29, 0.717) is 30.2 Å². The van der Waals surface area contributed by atoms with Gasteiger partial charge in [-0.2, -0.15) is 0 Å². The molecule has 1 saturated heterocycles. The minimum Gasteiger partial charge on any atom is -0.508 e. The fourth-order valence-electron chi connectivity index (χ4n) is 6.78. The molecule has 4 N–H and O–H groups in total. The number of benzene rings is 2. The first-order chi connectivity index (χ1) is 17.7. The molecule has 6 rings (SSSR count). The van der Waals surface area contributed by atoms with Crippen molar-refractivity contribution in [2.45, 2.75) is 67.6 Å². The van der Waals surface area contributed by atoms with Crippen LogP contribution < -0.4 is 10.1 Å². The number of aliphatic hydroxyl groups is 2. The maximum atomic E-state index is 13.2. The molecule has 0 aromatic heterocycles. The lowest BCUT2D eigenvalue weighted by Gasteiger charge is -2.59. The van der Waals surface area contributed by atoms with Gasteiger partial charge in [0.2, 0.25) is 0 Å². The lowest BCUT2D eigenvalue weighted by Crippen LogP contribution is -2.73. The van der Waals surface area contributed by atoms with Crippen LogP contribution in [-0.2, 0) is 16.6 Å². The van der Waals surface area contributed by atoms with Crippen LogP contribution in [0.2, 0.25) is 0 Å². The number of likely N-dealkylation sites (tertiary alicyclic amines) is 1. The van der Waals surface area contributed by atoms with Gasteiger partial charge in [0.05, 0.1) is 16.6 Å². The maximum Gasteiger partial charge on any atom is 0.254 e. The highest BCUT2D eigenvalue weighted by molar-refractivity contribution is 7.98. The molecule has 1 saturated carbocycles. The molecule has 1 amide bonds. The summed E-state index contributed by atoms with van der Waals surface area (Å²) in [6, 6.07) is 10.9. The molecule has 2 aliphatic carbocycles. The van der Waals surface area contributed by atoms with Crippen LogP contribution >= 0.6 is 11.8 Å². The number of rotatable bonds is 6. The molecule has 37 heavy (non-hydrogen) atoms. The van der Waals surface area contributed by atoms with Gasteiger partial charge in [0.25, 0.3) is 5.91 Å². The number of carbonyl (C=O) groups is 1. The summed E-state index contributed by atoms with van der Waals surface area (Å²) in [5, 5.41) is 37.4. The highest BCUT2D eigenvalue weighted by Gasteiger charge is 2.69. The van der Waals surface area contributed by atoms with E-state index < -0.39 is 23.0 Å². The highest BCUT2D eigenvalue weighted by Crippen LogP contribution is 2.63.